The van der Waals surface area contributed by atoms with E-state index in [1.54, 1.807) is 0 Å². The average Bonchev–Trinajstić information content (AvgIpc) is 3.11. The minimum absolute atomic E-state index is 0.0764. The Labute approximate surface area is 123 Å². The van der Waals surface area contributed by atoms with Crippen molar-refractivity contribution in [3.05, 3.63) is 34.1 Å². The van der Waals surface area contributed by atoms with Gasteiger partial charge in [0.15, 0.2) is 0 Å². The molecule has 1 saturated heterocycles. The number of non-ortho nitro benzene ring substituents is 1. The summed E-state index contributed by atoms with van der Waals surface area (Å²) >= 11 is 0. The molecule has 1 aromatic rings. The predicted octanol–water partition coefficient (Wildman–Crippen LogP) is 3.07. The van der Waals surface area contributed by atoms with Gasteiger partial charge in [-0.3, -0.25) is 10.1 Å². The monoisotopic (exact) mass is 293 g/mol. The standard InChI is InChI=1S/C15H20FN3O2/c16-12-7-6-10(19(20)21)9-15(12)18-14-4-1-3-11(14)13-5-2-8-17-13/h6-7,9,11,13-14,17-18H,1-5,8H2. The van der Waals surface area contributed by atoms with E-state index in [9.17, 15) is 14.5 Å². The van der Waals surface area contributed by atoms with Gasteiger partial charge in [0.25, 0.3) is 5.69 Å². The lowest BCUT2D eigenvalue weighted by molar-refractivity contribution is -0.384. The average molecular weight is 293 g/mol. The Morgan fingerprint density at radius 2 is 2.14 bits per heavy atom. The fourth-order valence-electron chi connectivity index (χ4n) is 3.66. The van der Waals surface area contributed by atoms with Crippen LogP contribution in [0.15, 0.2) is 18.2 Å². The largest absolute Gasteiger partial charge is 0.379 e. The number of rotatable bonds is 4. The SMILES string of the molecule is O=[N+]([O-])c1ccc(F)c(NC2CCCC2C2CCCN2)c1. The van der Waals surface area contributed by atoms with E-state index in [0.717, 1.165) is 31.9 Å². The fourth-order valence-corrected chi connectivity index (χ4v) is 3.66. The molecule has 2 aliphatic rings. The van der Waals surface area contributed by atoms with Crippen LogP contribution in [-0.2, 0) is 0 Å². The van der Waals surface area contributed by atoms with Gasteiger partial charge in [-0.25, -0.2) is 4.39 Å². The first kappa shape index (κ1) is 14.3. The van der Waals surface area contributed by atoms with Crippen molar-refractivity contribution in [3.8, 4) is 0 Å². The van der Waals surface area contributed by atoms with E-state index in [4.69, 9.17) is 0 Å². The lowest BCUT2D eigenvalue weighted by Gasteiger charge is -2.27. The van der Waals surface area contributed by atoms with Crippen molar-refractivity contribution in [2.75, 3.05) is 11.9 Å². The van der Waals surface area contributed by atoms with E-state index in [-0.39, 0.29) is 17.4 Å². The number of hydrogen-bond acceptors (Lipinski definition) is 4. The van der Waals surface area contributed by atoms with Crippen LogP contribution in [0.1, 0.15) is 32.1 Å². The number of nitrogens with one attached hydrogen (secondary N) is 2. The second-order valence-electron chi connectivity index (χ2n) is 5.97. The Balaban J connectivity index is 1.75. The molecule has 114 valence electrons. The number of nitro benzene ring substituents is 1. The molecule has 5 nitrogen and oxygen atoms in total. The Kier molecular flexibility index (Phi) is 4.05. The first-order valence-electron chi connectivity index (χ1n) is 7.59. The summed E-state index contributed by atoms with van der Waals surface area (Å²) in [4.78, 5) is 10.3. The van der Waals surface area contributed by atoms with E-state index in [2.05, 4.69) is 10.6 Å². The topological polar surface area (TPSA) is 67.2 Å². The highest BCUT2D eigenvalue weighted by Gasteiger charge is 2.35. The smallest absolute Gasteiger partial charge is 0.271 e. The first-order valence-corrected chi connectivity index (χ1v) is 7.59. The summed E-state index contributed by atoms with van der Waals surface area (Å²) in [5, 5.41) is 17.5. The first-order chi connectivity index (χ1) is 10.1. The van der Waals surface area contributed by atoms with Crippen LogP contribution in [0, 0.1) is 21.8 Å². The van der Waals surface area contributed by atoms with Crippen LogP contribution in [0.3, 0.4) is 0 Å². The third kappa shape index (κ3) is 3.00. The zero-order valence-corrected chi connectivity index (χ0v) is 11.8. The minimum Gasteiger partial charge on any atom is -0.379 e. The van der Waals surface area contributed by atoms with E-state index in [0.29, 0.717) is 12.0 Å². The molecule has 0 amide bonds. The summed E-state index contributed by atoms with van der Waals surface area (Å²) in [6.45, 7) is 1.05. The van der Waals surface area contributed by atoms with Gasteiger partial charge in [0.1, 0.15) is 5.82 Å². The van der Waals surface area contributed by atoms with Gasteiger partial charge in [-0.05, 0) is 44.2 Å². The molecular formula is C15H20FN3O2. The molecule has 3 atom stereocenters. The number of anilines is 1. The van der Waals surface area contributed by atoms with Crippen LogP contribution in [0.5, 0.6) is 0 Å². The molecule has 6 heteroatoms. The third-order valence-electron chi connectivity index (χ3n) is 4.69. The van der Waals surface area contributed by atoms with Crippen LogP contribution >= 0.6 is 0 Å². The summed E-state index contributed by atoms with van der Waals surface area (Å²) in [6, 6.07) is 4.35. The fraction of sp³-hybridized carbons (Fsp3) is 0.600. The van der Waals surface area contributed by atoms with E-state index in [1.165, 1.54) is 25.0 Å². The van der Waals surface area contributed by atoms with Gasteiger partial charge in [0.05, 0.1) is 10.6 Å². The second kappa shape index (κ2) is 5.97. The summed E-state index contributed by atoms with van der Waals surface area (Å²) in [5.41, 5.74) is 0.173. The number of halogens is 1. The molecule has 3 rings (SSSR count). The quantitative estimate of drug-likeness (QED) is 0.661. The molecule has 1 saturated carbocycles. The summed E-state index contributed by atoms with van der Waals surface area (Å²) < 4.78 is 13.9. The second-order valence-corrected chi connectivity index (χ2v) is 5.97. The number of hydrogen-bond donors (Lipinski definition) is 2. The Morgan fingerprint density at radius 3 is 2.86 bits per heavy atom. The zero-order chi connectivity index (χ0) is 14.8. The molecule has 1 heterocycles. The Bertz CT molecular complexity index is 532. The Hall–Kier alpha value is -1.69. The molecule has 0 spiro atoms. The normalized spacial score (nSPS) is 28.7. The van der Waals surface area contributed by atoms with Crippen LogP contribution < -0.4 is 10.6 Å². The minimum atomic E-state index is -0.491. The van der Waals surface area contributed by atoms with Gasteiger partial charge in [-0.15, -0.1) is 0 Å². The maximum absolute atomic E-state index is 13.9. The molecule has 1 aliphatic heterocycles. The van der Waals surface area contributed by atoms with Gasteiger partial charge >= 0.3 is 0 Å². The molecule has 0 radical (unpaired) electrons. The third-order valence-corrected chi connectivity index (χ3v) is 4.69. The highest BCUT2D eigenvalue weighted by molar-refractivity contribution is 5.53. The van der Waals surface area contributed by atoms with E-state index < -0.39 is 10.7 Å². The lowest BCUT2D eigenvalue weighted by Crippen LogP contribution is -2.38. The number of nitrogens with zero attached hydrogens (tertiary/aromatic N) is 1. The van der Waals surface area contributed by atoms with Crippen molar-refractivity contribution < 1.29 is 9.31 Å². The van der Waals surface area contributed by atoms with Gasteiger partial charge in [-0.2, -0.15) is 0 Å². The molecule has 1 aromatic carbocycles. The van der Waals surface area contributed by atoms with Crippen LogP contribution in [0.25, 0.3) is 0 Å². The highest BCUT2D eigenvalue weighted by atomic mass is 19.1. The molecule has 0 bridgehead atoms. The zero-order valence-electron chi connectivity index (χ0n) is 11.8. The van der Waals surface area contributed by atoms with Crippen molar-refractivity contribution in [1.29, 1.82) is 0 Å². The summed E-state index contributed by atoms with van der Waals surface area (Å²) in [5.74, 6) is 0.0526. The number of nitro groups is 1. The summed E-state index contributed by atoms with van der Waals surface area (Å²) in [6.07, 6.45) is 5.60. The molecule has 21 heavy (non-hydrogen) atoms. The van der Waals surface area contributed by atoms with Gasteiger partial charge in [-0.1, -0.05) is 6.42 Å². The van der Waals surface area contributed by atoms with Gasteiger partial charge < -0.3 is 10.6 Å². The highest BCUT2D eigenvalue weighted by Crippen LogP contribution is 2.35. The molecule has 3 unspecified atom stereocenters. The van der Waals surface area contributed by atoms with Crippen molar-refractivity contribution in [1.82, 2.24) is 5.32 Å². The maximum atomic E-state index is 13.9. The van der Waals surface area contributed by atoms with E-state index in [1.807, 2.05) is 0 Å². The lowest BCUT2D eigenvalue weighted by atomic mass is 9.93. The molecule has 2 fully saturated rings. The van der Waals surface area contributed by atoms with E-state index >= 15 is 0 Å². The predicted molar refractivity (Wildman–Crippen MR) is 78.8 cm³/mol. The maximum Gasteiger partial charge on any atom is 0.271 e. The summed E-state index contributed by atoms with van der Waals surface area (Å²) in [7, 11) is 0. The van der Waals surface area contributed by atoms with Crippen molar-refractivity contribution in [3.63, 3.8) is 0 Å². The van der Waals surface area contributed by atoms with Crippen molar-refractivity contribution >= 4 is 11.4 Å². The molecule has 2 N–H and O–H groups in total. The van der Waals surface area contributed by atoms with Crippen LogP contribution in [-0.4, -0.2) is 23.6 Å². The molecule has 0 aromatic heterocycles. The Morgan fingerprint density at radius 1 is 1.29 bits per heavy atom. The van der Waals surface area contributed by atoms with Crippen molar-refractivity contribution in [2.45, 2.75) is 44.2 Å². The van der Waals surface area contributed by atoms with Crippen LogP contribution in [0.2, 0.25) is 0 Å². The van der Waals surface area contributed by atoms with Gasteiger partial charge in [0.2, 0.25) is 0 Å². The van der Waals surface area contributed by atoms with Crippen molar-refractivity contribution in [2.24, 2.45) is 5.92 Å². The molecular weight excluding hydrogens is 273 g/mol. The number of benzene rings is 1. The van der Waals surface area contributed by atoms with Crippen LogP contribution in [0.4, 0.5) is 15.8 Å². The molecule has 1 aliphatic carbocycles. The van der Waals surface area contributed by atoms with Gasteiger partial charge in [0, 0.05) is 24.2 Å².